The Morgan fingerprint density at radius 1 is 1.00 bits per heavy atom. The number of carbonyl (C=O) groups excluding carboxylic acids is 4. The zero-order valence-corrected chi connectivity index (χ0v) is 20.3. The molecule has 3 rings (SSSR count). The van der Waals surface area contributed by atoms with Gasteiger partial charge in [-0.05, 0) is 23.5 Å². The summed E-state index contributed by atoms with van der Waals surface area (Å²) >= 11 is 0. The van der Waals surface area contributed by atoms with Crippen LogP contribution in [0.25, 0.3) is 0 Å². The van der Waals surface area contributed by atoms with Crippen LogP contribution in [0.4, 0.5) is 13.6 Å². The second-order valence-corrected chi connectivity index (χ2v) is 9.23. The first-order valence-corrected chi connectivity index (χ1v) is 11.8. The van der Waals surface area contributed by atoms with Gasteiger partial charge >= 0.3 is 12.0 Å². The molecule has 192 valence electrons. The Labute approximate surface area is 208 Å². The van der Waals surface area contributed by atoms with Crippen LogP contribution in [0.1, 0.15) is 31.4 Å². The highest BCUT2D eigenvalue weighted by molar-refractivity contribution is 6.12. The standard InChI is InChI=1S/C27H30F2N2O5/c1-18(2)23(24(33)27(28,29)22(32)15-19-9-5-3-6-10-19)30-25(34)21-13-14-31(16-21)26(35)36-17-20-11-7-4-8-12-20/h3-12,18,21,23H,13-17H2,1-2H3,(H,30,34). The Morgan fingerprint density at radius 3 is 2.17 bits per heavy atom. The number of ketones is 2. The SMILES string of the molecule is CC(C)C(NC(=O)C1CCN(C(=O)OCc2ccccc2)C1)C(=O)C(F)(F)C(=O)Cc1ccccc1. The summed E-state index contributed by atoms with van der Waals surface area (Å²) in [5, 5.41) is 2.40. The van der Waals surface area contributed by atoms with E-state index in [2.05, 4.69) is 5.32 Å². The van der Waals surface area contributed by atoms with Crippen LogP contribution < -0.4 is 5.32 Å². The summed E-state index contributed by atoms with van der Waals surface area (Å²) < 4.78 is 34.9. The maximum Gasteiger partial charge on any atom is 0.410 e. The van der Waals surface area contributed by atoms with Gasteiger partial charge in [-0.1, -0.05) is 74.5 Å². The van der Waals surface area contributed by atoms with Gasteiger partial charge in [0.05, 0.1) is 12.0 Å². The zero-order valence-electron chi connectivity index (χ0n) is 20.3. The molecule has 1 heterocycles. The molecule has 36 heavy (non-hydrogen) atoms. The number of rotatable bonds is 10. The average Bonchev–Trinajstić information content (AvgIpc) is 3.37. The lowest BCUT2D eigenvalue weighted by molar-refractivity contribution is -0.159. The van der Waals surface area contributed by atoms with E-state index in [-0.39, 0.29) is 19.7 Å². The van der Waals surface area contributed by atoms with Crippen LogP contribution in [0, 0.1) is 11.8 Å². The molecule has 0 saturated carbocycles. The van der Waals surface area contributed by atoms with E-state index in [1.165, 1.54) is 30.9 Å². The van der Waals surface area contributed by atoms with Gasteiger partial charge in [0.25, 0.3) is 0 Å². The van der Waals surface area contributed by atoms with Crippen molar-refractivity contribution in [3.05, 3.63) is 71.8 Å². The molecule has 0 aliphatic carbocycles. The highest BCUT2D eigenvalue weighted by Crippen LogP contribution is 2.25. The third-order valence-corrected chi connectivity index (χ3v) is 6.14. The summed E-state index contributed by atoms with van der Waals surface area (Å²) in [4.78, 5) is 51.6. The van der Waals surface area contributed by atoms with Crippen molar-refractivity contribution in [1.29, 1.82) is 0 Å². The molecule has 1 saturated heterocycles. The Hall–Kier alpha value is -3.62. The van der Waals surface area contributed by atoms with Gasteiger partial charge in [0.1, 0.15) is 6.61 Å². The number of nitrogens with one attached hydrogen (secondary N) is 1. The third-order valence-electron chi connectivity index (χ3n) is 6.14. The summed E-state index contributed by atoms with van der Waals surface area (Å²) in [7, 11) is 0. The molecule has 2 aromatic carbocycles. The smallest absolute Gasteiger partial charge is 0.410 e. The van der Waals surface area contributed by atoms with Gasteiger partial charge in [-0.25, -0.2) is 4.79 Å². The predicted molar refractivity (Wildman–Crippen MR) is 128 cm³/mol. The maximum absolute atomic E-state index is 14.8. The molecule has 9 heteroatoms. The molecule has 2 atom stereocenters. The van der Waals surface area contributed by atoms with Crippen LogP contribution in [-0.2, 0) is 32.1 Å². The summed E-state index contributed by atoms with van der Waals surface area (Å²) in [6.45, 7) is 3.42. The molecular weight excluding hydrogens is 470 g/mol. The summed E-state index contributed by atoms with van der Waals surface area (Å²) in [6, 6.07) is 15.5. The molecule has 7 nitrogen and oxygen atoms in total. The Kier molecular flexibility index (Phi) is 8.90. The molecule has 1 aliphatic rings. The average molecular weight is 501 g/mol. The van der Waals surface area contributed by atoms with E-state index >= 15 is 0 Å². The lowest BCUT2D eigenvalue weighted by atomic mass is 9.91. The number of likely N-dealkylation sites (tertiary alicyclic amines) is 1. The van der Waals surface area contributed by atoms with Crippen LogP contribution in [0.5, 0.6) is 0 Å². The van der Waals surface area contributed by atoms with Crippen molar-refractivity contribution in [1.82, 2.24) is 10.2 Å². The molecule has 0 aromatic heterocycles. The van der Waals surface area contributed by atoms with Crippen LogP contribution in [0.2, 0.25) is 0 Å². The molecule has 0 spiro atoms. The van der Waals surface area contributed by atoms with Crippen LogP contribution in [0.3, 0.4) is 0 Å². The van der Waals surface area contributed by atoms with E-state index in [1.54, 1.807) is 18.2 Å². The lowest BCUT2D eigenvalue weighted by Gasteiger charge is -2.26. The number of nitrogens with zero attached hydrogens (tertiary/aromatic N) is 1. The first-order chi connectivity index (χ1) is 17.1. The van der Waals surface area contributed by atoms with Crippen LogP contribution in [-0.4, -0.2) is 53.5 Å². The summed E-state index contributed by atoms with van der Waals surface area (Å²) in [6.07, 6.45) is -0.876. The van der Waals surface area contributed by atoms with Crippen molar-refractivity contribution in [2.45, 2.75) is 45.3 Å². The van der Waals surface area contributed by atoms with Crippen LogP contribution >= 0.6 is 0 Å². The minimum absolute atomic E-state index is 0.0434. The third kappa shape index (κ3) is 6.74. The number of amides is 2. The number of Topliss-reactive ketones (excluding diaryl/α,β-unsaturated/α-hetero) is 2. The molecule has 0 radical (unpaired) electrons. The second kappa shape index (κ2) is 11.9. The molecule has 2 amide bonds. The number of halogens is 2. The van der Waals surface area contributed by atoms with Crippen LogP contribution in [0.15, 0.2) is 60.7 Å². The Bertz CT molecular complexity index is 1080. The largest absolute Gasteiger partial charge is 0.445 e. The highest BCUT2D eigenvalue weighted by atomic mass is 19.3. The lowest BCUT2D eigenvalue weighted by Crippen LogP contribution is -2.55. The van der Waals surface area contributed by atoms with Gasteiger partial charge in [0.2, 0.25) is 17.5 Å². The van der Waals surface area contributed by atoms with Gasteiger partial charge in [0.15, 0.2) is 0 Å². The van der Waals surface area contributed by atoms with Gasteiger partial charge < -0.3 is 15.0 Å². The molecule has 0 bridgehead atoms. The van der Waals surface area contributed by atoms with E-state index in [9.17, 15) is 28.0 Å². The van der Waals surface area contributed by atoms with Crippen molar-refractivity contribution in [3.8, 4) is 0 Å². The Morgan fingerprint density at radius 2 is 1.58 bits per heavy atom. The monoisotopic (exact) mass is 500 g/mol. The number of alkyl halides is 2. The molecule has 2 aromatic rings. The first kappa shape index (κ1) is 27.0. The zero-order chi connectivity index (χ0) is 26.3. The van der Waals surface area contributed by atoms with Crippen molar-refractivity contribution >= 4 is 23.6 Å². The van der Waals surface area contributed by atoms with Crippen molar-refractivity contribution in [2.75, 3.05) is 13.1 Å². The van der Waals surface area contributed by atoms with E-state index in [0.29, 0.717) is 12.0 Å². The van der Waals surface area contributed by atoms with E-state index in [4.69, 9.17) is 4.74 Å². The number of hydrogen-bond acceptors (Lipinski definition) is 5. The number of ether oxygens (including phenoxy) is 1. The summed E-state index contributed by atoms with van der Waals surface area (Å²) in [5.41, 5.74) is 1.19. The van der Waals surface area contributed by atoms with E-state index in [0.717, 1.165) is 5.56 Å². The predicted octanol–water partition coefficient (Wildman–Crippen LogP) is 3.80. The second-order valence-electron chi connectivity index (χ2n) is 9.23. The molecule has 1 N–H and O–H groups in total. The minimum atomic E-state index is -4.25. The van der Waals surface area contributed by atoms with Gasteiger partial charge in [-0.3, -0.25) is 14.4 Å². The van der Waals surface area contributed by atoms with Crippen molar-refractivity contribution < 1.29 is 32.7 Å². The number of carbonyl (C=O) groups is 4. The van der Waals surface area contributed by atoms with Gasteiger partial charge in [-0.2, -0.15) is 8.78 Å². The summed E-state index contributed by atoms with van der Waals surface area (Å²) in [5.74, 6) is -9.38. The normalized spacial score (nSPS) is 16.5. The van der Waals surface area contributed by atoms with Crippen molar-refractivity contribution in [2.24, 2.45) is 11.8 Å². The topological polar surface area (TPSA) is 92.8 Å². The van der Waals surface area contributed by atoms with Crippen molar-refractivity contribution in [3.63, 3.8) is 0 Å². The number of hydrogen-bond donors (Lipinski definition) is 1. The van der Waals surface area contributed by atoms with E-state index in [1.807, 2.05) is 30.3 Å². The van der Waals surface area contributed by atoms with Gasteiger partial charge in [0, 0.05) is 19.5 Å². The van der Waals surface area contributed by atoms with Gasteiger partial charge in [-0.15, -0.1) is 0 Å². The fourth-order valence-corrected chi connectivity index (χ4v) is 3.98. The first-order valence-electron chi connectivity index (χ1n) is 11.8. The molecule has 1 aliphatic heterocycles. The highest BCUT2D eigenvalue weighted by Gasteiger charge is 2.50. The fraction of sp³-hybridized carbons (Fsp3) is 0.407. The molecule has 1 fully saturated rings. The quantitative estimate of drug-likeness (QED) is 0.501. The maximum atomic E-state index is 14.8. The fourth-order valence-electron chi connectivity index (χ4n) is 3.98. The van der Waals surface area contributed by atoms with E-state index < -0.39 is 53.8 Å². The Balaban J connectivity index is 1.57. The molecule has 2 unspecified atom stereocenters. The molecular formula is C27H30F2N2O5. The minimum Gasteiger partial charge on any atom is -0.445 e. The number of benzene rings is 2.